The van der Waals surface area contributed by atoms with Gasteiger partial charge in [0.15, 0.2) is 11.8 Å². The molecule has 8 nitrogen and oxygen atoms in total. The van der Waals surface area contributed by atoms with Crippen molar-refractivity contribution in [3.05, 3.63) is 18.0 Å². The van der Waals surface area contributed by atoms with Crippen LogP contribution in [0.4, 0.5) is 0 Å². The Kier molecular flexibility index (Phi) is 3.09. The molecule has 8 heteroatoms. The molecule has 0 saturated carbocycles. The van der Waals surface area contributed by atoms with Crippen molar-refractivity contribution in [2.24, 2.45) is 11.1 Å². The van der Waals surface area contributed by atoms with Gasteiger partial charge in [0.25, 0.3) is 11.8 Å². The SMILES string of the molecule is O=C(C1=NO[C@@H]2CN(C(=O)c3ccn[nH]3)C[C@H]12)N1CCCC1. The second-order valence-corrected chi connectivity index (χ2v) is 5.91. The molecule has 2 atom stereocenters. The highest BCUT2D eigenvalue weighted by Crippen LogP contribution is 2.29. The van der Waals surface area contributed by atoms with E-state index >= 15 is 0 Å². The highest BCUT2D eigenvalue weighted by atomic mass is 16.6. The number of amides is 2. The standard InChI is InChI=1S/C14H17N5O3/c20-13(10-3-4-15-16-10)19-7-9-11(8-19)22-17-12(9)14(21)18-5-1-2-6-18/h3-4,9,11H,1-2,5-8H2,(H,15,16)/t9-,11+/m0/s1. The summed E-state index contributed by atoms with van der Waals surface area (Å²) in [5.74, 6) is -0.288. The van der Waals surface area contributed by atoms with Gasteiger partial charge in [0.05, 0.1) is 12.5 Å². The number of hydrogen-bond acceptors (Lipinski definition) is 5. The van der Waals surface area contributed by atoms with Crippen LogP contribution in [0.15, 0.2) is 17.4 Å². The Morgan fingerprint density at radius 3 is 2.73 bits per heavy atom. The molecule has 2 fully saturated rings. The number of rotatable bonds is 2. The number of H-pyrrole nitrogens is 1. The molecule has 2 saturated heterocycles. The summed E-state index contributed by atoms with van der Waals surface area (Å²) >= 11 is 0. The molecule has 3 aliphatic rings. The molecule has 4 rings (SSSR count). The van der Waals surface area contributed by atoms with E-state index in [-0.39, 0.29) is 23.8 Å². The third-order valence-corrected chi connectivity index (χ3v) is 4.53. The lowest BCUT2D eigenvalue weighted by Gasteiger charge is -2.18. The fourth-order valence-corrected chi connectivity index (χ4v) is 3.33. The van der Waals surface area contributed by atoms with Gasteiger partial charge in [-0.15, -0.1) is 0 Å². The summed E-state index contributed by atoms with van der Waals surface area (Å²) in [6.07, 6.45) is 3.41. The topological polar surface area (TPSA) is 90.9 Å². The molecular formula is C14H17N5O3. The molecule has 0 aliphatic carbocycles. The first-order valence-corrected chi connectivity index (χ1v) is 7.55. The number of fused-ring (bicyclic) bond motifs is 1. The molecule has 0 bridgehead atoms. The maximum atomic E-state index is 12.5. The van der Waals surface area contributed by atoms with Crippen LogP contribution in [0, 0.1) is 5.92 Å². The normalized spacial score (nSPS) is 26.8. The Morgan fingerprint density at radius 2 is 2.00 bits per heavy atom. The second kappa shape index (κ2) is 5.11. The number of nitrogens with one attached hydrogen (secondary N) is 1. The third kappa shape index (κ3) is 2.06. The summed E-state index contributed by atoms with van der Waals surface area (Å²) in [5, 5.41) is 10.5. The van der Waals surface area contributed by atoms with E-state index in [4.69, 9.17) is 4.84 Å². The number of carbonyl (C=O) groups is 2. The zero-order valence-corrected chi connectivity index (χ0v) is 12.1. The Hall–Kier alpha value is -2.38. The Morgan fingerprint density at radius 1 is 1.18 bits per heavy atom. The maximum absolute atomic E-state index is 12.5. The van der Waals surface area contributed by atoms with Crippen LogP contribution in [0.5, 0.6) is 0 Å². The first-order valence-electron chi connectivity index (χ1n) is 7.55. The lowest BCUT2D eigenvalue weighted by Crippen LogP contribution is -2.39. The molecule has 4 heterocycles. The molecule has 1 aromatic heterocycles. The van der Waals surface area contributed by atoms with Crippen LogP contribution in [0.2, 0.25) is 0 Å². The van der Waals surface area contributed by atoms with Crippen molar-refractivity contribution < 1.29 is 14.4 Å². The quantitative estimate of drug-likeness (QED) is 0.823. The summed E-state index contributed by atoms with van der Waals surface area (Å²) in [5.41, 5.74) is 0.913. The minimum atomic E-state index is -0.214. The van der Waals surface area contributed by atoms with Crippen LogP contribution in [0.1, 0.15) is 23.3 Å². The van der Waals surface area contributed by atoms with Gasteiger partial charge < -0.3 is 14.6 Å². The number of aromatic amines is 1. The number of hydrogen-bond donors (Lipinski definition) is 1. The Bertz CT molecular complexity index is 620. The molecule has 1 N–H and O–H groups in total. The molecular weight excluding hydrogens is 286 g/mol. The van der Waals surface area contributed by atoms with Crippen LogP contribution in [-0.4, -0.2) is 69.8 Å². The smallest absolute Gasteiger partial charge is 0.272 e. The van der Waals surface area contributed by atoms with Crippen molar-refractivity contribution in [2.75, 3.05) is 26.2 Å². The number of oxime groups is 1. The summed E-state index contributed by atoms with van der Waals surface area (Å²) in [4.78, 5) is 33.7. The molecule has 1 aromatic rings. The van der Waals surface area contributed by atoms with E-state index in [2.05, 4.69) is 15.4 Å². The van der Waals surface area contributed by atoms with Gasteiger partial charge in [-0.25, -0.2) is 0 Å². The molecule has 0 unspecified atom stereocenters. The van der Waals surface area contributed by atoms with Gasteiger partial charge in [0, 0.05) is 25.8 Å². The summed E-state index contributed by atoms with van der Waals surface area (Å²) < 4.78 is 0. The molecule has 3 aliphatic heterocycles. The van der Waals surface area contributed by atoms with E-state index in [1.807, 2.05) is 4.90 Å². The number of nitrogens with zero attached hydrogens (tertiary/aromatic N) is 4. The lowest BCUT2D eigenvalue weighted by atomic mass is 10.00. The first kappa shape index (κ1) is 13.3. The van der Waals surface area contributed by atoms with Crippen molar-refractivity contribution in [2.45, 2.75) is 18.9 Å². The van der Waals surface area contributed by atoms with Gasteiger partial charge in [0.1, 0.15) is 5.69 Å². The van der Waals surface area contributed by atoms with E-state index in [9.17, 15) is 9.59 Å². The number of likely N-dealkylation sites (tertiary alicyclic amines) is 2. The average molecular weight is 303 g/mol. The van der Waals surface area contributed by atoms with Crippen LogP contribution >= 0.6 is 0 Å². The lowest BCUT2D eigenvalue weighted by molar-refractivity contribution is -0.123. The molecule has 0 spiro atoms. The van der Waals surface area contributed by atoms with E-state index in [1.54, 1.807) is 17.2 Å². The fraction of sp³-hybridized carbons (Fsp3) is 0.571. The molecule has 22 heavy (non-hydrogen) atoms. The van der Waals surface area contributed by atoms with Crippen LogP contribution < -0.4 is 0 Å². The summed E-state index contributed by atoms with van der Waals surface area (Å²) in [6.45, 7) is 2.47. The third-order valence-electron chi connectivity index (χ3n) is 4.53. The van der Waals surface area contributed by atoms with Gasteiger partial charge >= 0.3 is 0 Å². The minimum Gasteiger partial charge on any atom is -0.389 e. The second-order valence-electron chi connectivity index (χ2n) is 5.91. The van der Waals surface area contributed by atoms with Crippen molar-refractivity contribution in [1.29, 1.82) is 0 Å². The molecule has 116 valence electrons. The van der Waals surface area contributed by atoms with Crippen LogP contribution in [-0.2, 0) is 9.63 Å². The van der Waals surface area contributed by atoms with Crippen LogP contribution in [0.25, 0.3) is 0 Å². The van der Waals surface area contributed by atoms with E-state index in [1.165, 1.54) is 0 Å². The summed E-state index contributed by atoms with van der Waals surface area (Å²) in [6, 6.07) is 1.64. The van der Waals surface area contributed by atoms with E-state index < -0.39 is 0 Å². The van der Waals surface area contributed by atoms with Gasteiger partial charge in [-0.05, 0) is 18.9 Å². The number of aromatic nitrogens is 2. The van der Waals surface area contributed by atoms with Gasteiger partial charge in [0.2, 0.25) is 0 Å². The van der Waals surface area contributed by atoms with Crippen LogP contribution in [0.3, 0.4) is 0 Å². The summed E-state index contributed by atoms with van der Waals surface area (Å²) in [7, 11) is 0. The monoisotopic (exact) mass is 303 g/mol. The zero-order valence-electron chi connectivity index (χ0n) is 12.1. The highest BCUT2D eigenvalue weighted by Gasteiger charge is 2.47. The first-order chi connectivity index (χ1) is 10.7. The zero-order chi connectivity index (χ0) is 15.1. The number of carbonyl (C=O) groups excluding carboxylic acids is 2. The minimum absolute atomic E-state index is 0.0409. The van der Waals surface area contributed by atoms with E-state index in [0.717, 1.165) is 25.9 Å². The average Bonchev–Trinajstić information content (AvgIpc) is 3.29. The predicted molar refractivity (Wildman–Crippen MR) is 76.1 cm³/mol. The van der Waals surface area contributed by atoms with Gasteiger partial charge in [-0.2, -0.15) is 5.10 Å². The van der Waals surface area contributed by atoms with Crippen molar-refractivity contribution in [3.8, 4) is 0 Å². The van der Waals surface area contributed by atoms with E-state index in [0.29, 0.717) is 24.5 Å². The highest BCUT2D eigenvalue weighted by molar-refractivity contribution is 6.40. The Labute approximate surface area is 127 Å². The van der Waals surface area contributed by atoms with Crippen molar-refractivity contribution in [1.82, 2.24) is 20.0 Å². The fourth-order valence-electron chi connectivity index (χ4n) is 3.33. The molecule has 0 aromatic carbocycles. The Balaban J connectivity index is 1.47. The van der Waals surface area contributed by atoms with Gasteiger partial charge in [-0.3, -0.25) is 14.7 Å². The largest absolute Gasteiger partial charge is 0.389 e. The predicted octanol–water partition coefficient (Wildman–Crippen LogP) is -0.141. The van der Waals surface area contributed by atoms with Crippen molar-refractivity contribution in [3.63, 3.8) is 0 Å². The molecule has 2 amide bonds. The molecule has 0 radical (unpaired) electrons. The maximum Gasteiger partial charge on any atom is 0.272 e. The van der Waals surface area contributed by atoms with Crippen molar-refractivity contribution >= 4 is 17.5 Å². The van der Waals surface area contributed by atoms with Gasteiger partial charge in [-0.1, -0.05) is 5.16 Å².